The highest BCUT2D eigenvalue weighted by molar-refractivity contribution is 5.31. The monoisotopic (exact) mass is 197 g/mol. The molecule has 0 amide bonds. The molecule has 0 aliphatic carbocycles. The minimum Gasteiger partial charge on any atom is -0.490 e. The van der Waals surface area contributed by atoms with E-state index in [1.165, 1.54) is 11.1 Å². The summed E-state index contributed by atoms with van der Waals surface area (Å²) >= 11 is 0. The summed E-state index contributed by atoms with van der Waals surface area (Å²) in [6.45, 7) is 0. The van der Waals surface area contributed by atoms with Gasteiger partial charge in [0.15, 0.2) is 0 Å². The van der Waals surface area contributed by atoms with E-state index in [-0.39, 0.29) is 0 Å². The molecule has 0 aliphatic heterocycles. The van der Waals surface area contributed by atoms with E-state index in [1.807, 2.05) is 18.2 Å². The maximum absolute atomic E-state index is 4.87. The van der Waals surface area contributed by atoms with Crippen LogP contribution in [0.4, 0.5) is 0 Å². The second-order valence-corrected chi connectivity index (χ2v) is 3.45. The van der Waals surface area contributed by atoms with Crippen molar-refractivity contribution in [3.8, 4) is 5.75 Å². The van der Waals surface area contributed by atoms with Crippen molar-refractivity contribution in [3.05, 3.63) is 72.8 Å². The average Bonchev–Trinajstić information content (AvgIpc) is 2.31. The first-order chi connectivity index (χ1) is 7.38. The average molecular weight is 197 g/mol. The predicted molar refractivity (Wildman–Crippen MR) is 61.7 cm³/mol. The molecular formula is C14H13O. The molecule has 1 nitrogen and oxygen atoms in total. The minimum atomic E-state index is 0.798. The normalized spacial score (nSPS) is 9.93. The van der Waals surface area contributed by atoms with Crippen LogP contribution in [0.3, 0.4) is 0 Å². The molecule has 0 saturated heterocycles. The van der Waals surface area contributed by atoms with Gasteiger partial charge in [-0.25, -0.2) is 0 Å². The molecule has 15 heavy (non-hydrogen) atoms. The van der Waals surface area contributed by atoms with Crippen LogP contribution in [0.2, 0.25) is 0 Å². The number of rotatable bonds is 3. The molecule has 2 aromatic rings. The van der Waals surface area contributed by atoms with Gasteiger partial charge in [-0.2, -0.15) is 0 Å². The van der Waals surface area contributed by atoms with E-state index >= 15 is 0 Å². The van der Waals surface area contributed by atoms with Gasteiger partial charge in [0.25, 0.3) is 0 Å². The second kappa shape index (κ2) is 4.65. The molecule has 0 unspecified atom stereocenters. The van der Waals surface area contributed by atoms with Crippen molar-refractivity contribution in [2.75, 3.05) is 0 Å². The second-order valence-electron chi connectivity index (χ2n) is 3.45. The van der Waals surface area contributed by atoms with Crippen molar-refractivity contribution in [2.24, 2.45) is 0 Å². The topological polar surface area (TPSA) is 9.23 Å². The predicted octanol–water partition coefficient (Wildman–Crippen LogP) is 3.45. The van der Waals surface area contributed by atoms with E-state index in [0.29, 0.717) is 0 Å². The van der Waals surface area contributed by atoms with Crippen molar-refractivity contribution in [3.63, 3.8) is 0 Å². The third-order valence-corrected chi connectivity index (χ3v) is 2.34. The number of hydrogen-bond donors (Lipinski definition) is 0. The summed E-state index contributed by atoms with van der Waals surface area (Å²) in [6.07, 6.45) is 0.957. The lowest BCUT2D eigenvalue weighted by atomic mass is 10.1. The molecule has 0 bridgehead atoms. The van der Waals surface area contributed by atoms with Gasteiger partial charge in [-0.3, -0.25) is 0 Å². The summed E-state index contributed by atoms with van der Waals surface area (Å²) in [5.41, 5.74) is 2.60. The first-order valence-electron chi connectivity index (χ1n) is 4.93. The maximum Gasteiger partial charge on any atom is 0.122 e. The Morgan fingerprint density at radius 3 is 2.00 bits per heavy atom. The van der Waals surface area contributed by atoms with Crippen LogP contribution < -0.4 is 4.74 Å². The zero-order valence-corrected chi connectivity index (χ0v) is 8.52. The summed E-state index contributed by atoms with van der Waals surface area (Å²) in [6, 6.07) is 18.4. The smallest absolute Gasteiger partial charge is 0.122 e. The molecule has 1 radical (unpaired) electrons. The highest BCUT2D eigenvalue weighted by atomic mass is 16.5. The molecular weight excluding hydrogens is 184 g/mol. The first-order valence-corrected chi connectivity index (χ1v) is 4.93. The van der Waals surface area contributed by atoms with E-state index in [2.05, 4.69) is 43.5 Å². The Labute approximate surface area is 90.3 Å². The number of benzene rings is 2. The van der Waals surface area contributed by atoms with Crippen molar-refractivity contribution < 1.29 is 4.74 Å². The molecule has 0 fully saturated rings. The van der Waals surface area contributed by atoms with Gasteiger partial charge in [0.05, 0.1) is 0 Å². The molecule has 0 saturated carbocycles. The molecule has 0 atom stereocenters. The van der Waals surface area contributed by atoms with Gasteiger partial charge < -0.3 is 4.74 Å². The molecule has 75 valence electrons. The lowest BCUT2D eigenvalue weighted by molar-refractivity contribution is 0.473. The van der Waals surface area contributed by atoms with Crippen LogP contribution in [-0.2, 0) is 6.42 Å². The molecule has 0 N–H and O–H groups in total. The van der Waals surface area contributed by atoms with Gasteiger partial charge >= 0.3 is 0 Å². The van der Waals surface area contributed by atoms with Crippen molar-refractivity contribution >= 4 is 0 Å². The molecule has 2 aromatic carbocycles. The van der Waals surface area contributed by atoms with Gasteiger partial charge in [0.1, 0.15) is 12.9 Å². The fraction of sp³-hybridized carbons (Fsp3) is 0.0714. The van der Waals surface area contributed by atoms with Crippen LogP contribution >= 0.6 is 0 Å². The van der Waals surface area contributed by atoms with Crippen LogP contribution in [-0.4, -0.2) is 0 Å². The van der Waals surface area contributed by atoms with E-state index in [1.54, 1.807) is 0 Å². The number of hydrogen-bond acceptors (Lipinski definition) is 1. The van der Waals surface area contributed by atoms with Crippen LogP contribution in [0.25, 0.3) is 0 Å². The van der Waals surface area contributed by atoms with Crippen LogP contribution in [0, 0.1) is 7.11 Å². The third kappa shape index (κ3) is 2.59. The highest BCUT2D eigenvalue weighted by Gasteiger charge is 1.96. The highest BCUT2D eigenvalue weighted by Crippen LogP contribution is 2.14. The van der Waals surface area contributed by atoms with Crippen molar-refractivity contribution in [1.82, 2.24) is 0 Å². The summed E-state index contributed by atoms with van der Waals surface area (Å²) < 4.78 is 4.87. The van der Waals surface area contributed by atoms with E-state index in [0.717, 1.165) is 12.2 Å². The lowest BCUT2D eigenvalue weighted by Gasteiger charge is -2.03. The Kier molecular flexibility index (Phi) is 3.03. The lowest BCUT2D eigenvalue weighted by Crippen LogP contribution is -1.87. The Morgan fingerprint density at radius 2 is 1.40 bits per heavy atom. The quantitative estimate of drug-likeness (QED) is 0.732. The van der Waals surface area contributed by atoms with Gasteiger partial charge in [-0.1, -0.05) is 42.5 Å². The zero-order chi connectivity index (χ0) is 10.5. The fourth-order valence-corrected chi connectivity index (χ4v) is 1.54. The Bertz CT molecular complexity index is 403. The molecule has 0 aromatic heterocycles. The molecule has 0 aliphatic rings. The van der Waals surface area contributed by atoms with E-state index < -0.39 is 0 Å². The minimum absolute atomic E-state index is 0.798. The SMILES string of the molecule is [CH2]Oc1ccc(Cc2ccccc2)cc1. The number of ether oxygens (including phenoxy) is 1. The van der Waals surface area contributed by atoms with Crippen LogP contribution in [0.5, 0.6) is 5.75 Å². The zero-order valence-electron chi connectivity index (χ0n) is 8.52. The summed E-state index contributed by atoms with van der Waals surface area (Å²) in [4.78, 5) is 0. The van der Waals surface area contributed by atoms with Gasteiger partial charge in [0.2, 0.25) is 0 Å². The van der Waals surface area contributed by atoms with Crippen LogP contribution in [0.1, 0.15) is 11.1 Å². The van der Waals surface area contributed by atoms with E-state index in [4.69, 9.17) is 4.74 Å². The molecule has 2 rings (SSSR count). The fourth-order valence-electron chi connectivity index (χ4n) is 1.54. The van der Waals surface area contributed by atoms with Gasteiger partial charge in [0, 0.05) is 0 Å². The van der Waals surface area contributed by atoms with Crippen molar-refractivity contribution in [1.29, 1.82) is 0 Å². The van der Waals surface area contributed by atoms with Crippen LogP contribution in [0.15, 0.2) is 54.6 Å². The first kappa shape index (κ1) is 9.78. The Hall–Kier alpha value is -1.76. The third-order valence-electron chi connectivity index (χ3n) is 2.34. The van der Waals surface area contributed by atoms with Gasteiger partial charge in [-0.15, -0.1) is 0 Å². The summed E-state index contributed by atoms with van der Waals surface area (Å²) in [5.74, 6) is 0.798. The van der Waals surface area contributed by atoms with Crippen molar-refractivity contribution in [2.45, 2.75) is 6.42 Å². The largest absolute Gasteiger partial charge is 0.490 e. The molecule has 1 heteroatoms. The standard InChI is InChI=1S/C14H13O/c1-15-14-9-7-13(8-10-14)11-12-5-3-2-4-6-12/h2-10H,1,11H2. The van der Waals surface area contributed by atoms with E-state index in [9.17, 15) is 0 Å². The molecule has 0 spiro atoms. The van der Waals surface area contributed by atoms with Gasteiger partial charge in [-0.05, 0) is 29.7 Å². The Balaban J connectivity index is 2.11. The summed E-state index contributed by atoms with van der Waals surface area (Å²) in [7, 11) is 3.37. The molecule has 0 heterocycles. The summed E-state index contributed by atoms with van der Waals surface area (Å²) in [5, 5.41) is 0. The maximum atomic E-state index is 4.87. The Morgan fingerprint density at radius 1 is 0.800 bits per heavy atom.